The van der Waals surface area contributed by atoms with Crippen molar-refractivity contribution in [1.29, 1.82) is 0 Å². The van der Waals surface area contributed by atoms with Gasteiger partial charge in [0.2, 0.25) is 0 Å². The first-order chi connectivity index (χ1) is 7.72. The number of aliphatic hydroxyl groups is 1. The molecule has 0 radical (unpaired) electrons. The van der Waals surface area contributed by atoms with Crippen molar-refractivity contribution in [1.82, 2.24) is 0 Å². The maximum atomic E-state index is 8.73. The van der Waals surface area contributed by atoms with Crippen molar-refractivity contribution >= 4 is 11.8 Å². The average Bonchev–Trinajstić information content (AvgIpc) is 2.31. The Morgan fingerprint density at radius 1 is 1.19 bits per heavy atom. The summed E-state index contributed by atoms with van der Waals surface area (Å²) in [5, 5.41) is 8.73. The zero-order chi connectivity index (χ0) is 12.0. The van der Waals surface area contributed by atoms with Crippen LogP contribution in [0.4, 0.5) is 0 Å². The molecule has 0 aliphatic heterocycles. The Balaban J connectivity index is 2.84. The first-order valence-corrected chi connectivity index (χ1v) is 6.28. The van der Waals surface area contributed by atoms with Crippen LogP contribution in [0.1, 0.15) is 11.1 Å². The van der Waals surface area contributed by atoms with E-state index in [9.17, 15) is 0 Å². The average molecular weight is 242 g/mol. The number of aliphatic hydroxyl groups excluding tert-OH is 1. The van der Waals surface area contributed by atoms with E-state index in [0.29, 0.717) is 0 Å². The second kappa shape index (κ2) is 6.66. The molecule has 1 rings (SSSR count). The van der Waals surface area contributed by atoms with E-state index in [-0.39, 0.29) is 6.61 Å². The second-order valence-corrected chi connectivity index (χ2v) is 4.52. The first kappa shape index (κ1) is 13.2. The molecule has 1 aromatic rings. The van der Waals surface area contributed by atoms with E-state index in [1.54, 1.807) is 26.0 Å². The molecule has 0 unspecified atom stereocenters. The van der Waals surface area contributed by atoms with Gasteiger partial charge < -0.3 is 14.6 Å². The van der Waals surface area contributed by atoms with Gasteiger partial charge in [0.1, 0.15) is 0 Å². The molecule has 4 heteroatoms. The molecule has 0 atom stereocenters. The van der Waals surface area contributed by atoms with E-state index in [1.807, 2.05) is 12.1 Å². The van der Waals surface area contributed by atoms with Gasteiger partial charge in [-0.15, -0.1) is 0 Å². The van der Waals surface area contributed by atoms with Crippen molar-refractivity contribution in [3.05, 3.63) is 23.3 Å². The van der Waals surface area contributed by atoms with Gasteiger partial charge in [-0.1, -0.05) is 0 Å². The van der Waals surface area contributed by atoms with Crippen LogP contribution in [-0.4, -0.2) is 31.7 Å². The lowest BCUT2D eigenvalue weighted by molar-refractivity contribution is 0.322. The van der Waals surface area contributed by atoms with Gasteiger partial charge >= 0.3 is 0 Å². The van der Waals surface area contributed by atoms with E-state index in [2.05, 4.69) is 6.92 Å². The van der Waals surface area contributed by atoms with E-state index < -0.39 is 0 Å². The number of thioether (sulfide) groups is 1. The molecule has 0 fully saturated rings. The number of hydrogen-bond donors (Lipinski definition) is 1. The lowest BCUT2D eigenvalue weighted by Gasteiger charge is -2.12. The van der Waals surface area contributed by atoms with Crippen LogP contribution in [0.15, 0.2) is 12.1 Å². The van der Waals surface area contributed by atoms with Crippen LogP contribution in [0.2, 0.25) is 0 Å². The number of rotatable bonds is 6. The van der Waals surface area contributed by atoms with Gasteiger partial charge in [0.25, 0.3) is 0 Å². The quantitative estimate of drug-likeness (QED) is 0.776. The summed E-state index contributed by atoms with van der Waals surface area (Å²) in [6.45, 7) is 2.27. The molecule has 0 aromatic heterocycles. The van der Waals surface area contributed by atoms with Crippen molar-refractivity contribution in [2.75, 3.05) is 26.6 Å². The van der Waals surface area contributed by atoms with Crippen LogP contribution in [0.25, 0.3) is 0 Å². The second-order valence-electron chi connectivity index (χ2n) is 3.41. The molecule has 0 aliphatic rings. The van der Waals surface area contributed by atoms with Crippen LogP contribution >= 0.6 is 11.8 Å². The largest absolute Gasteiger partial charge is 0.493 e. The molecule has 0 saturated carbocycles. The molecular weight excluding hydrogens is 224 g/mol. The fourth-order valence-electron chi connectivity index (χ4n) is 1.42. The minimum atomic E-state index is 0.219. The number of hydrogen-bond acceptors (Lipinski definition) is 4. The molecule has 1 N–H and O–H groups in total. The Kier molecular flexibility index (Phi) is 5.49. The minimum absolute atomic E-state index is 0.219. The van der Waals surface area contributed by atoms with E-state index in [1.165, 1.54) is 11.1 Å². The van der Waals surface area contributed by atoms with Crippen molar-refractivity contribution in [2.45, 2.75) is 12.7 Å². The fraction of sp³-hybridized carbons (Fsp3) is 0.500. The number of aryl methyl sites for hydroxylation is 1. The lowest BCUT2D eigenvalue weighted by atomic mass is 10.1. The van der Waals surface area contributed by atoms with E-state index >= 15 is 0 Å². The summed E-state index contributed by atoms with van der Waals surface area (Å²) in [4.78, 5) is 0. The van der Waals surface area contributed by atoms with Crippen LogP contribution in [0.3, 0.4) is 0 Å². The highest BCUT2D eigenvalue weighted by Gasteiger charge is 2.08. The molecule has 0 saturated heterocycles. The molecule has 1 aromatic carbocycles. The van der Waals surface area contributed by atoms with Crippen molar-refractivity contribution < 1.29 is 14.6 Å². The predicted octanol–water partition coefficient (Wildman–Crippen LogP) is 2.24. The lowest BCUT2D eigenvalue weighted by Crippen LogP contribution is -1.96. The SMILES string of the molecule is COc1cc(C)c(CSCCO)cc1OC. The van der Waals surface area contributed by atoms with Gasteiger partial charge in [-0.3, -0.25) is 0 Å². The summed E-state index contributed by atoms with van der Waals surface area (Å²) in [7, 11) is 3.27. The Morgan fingerprint density at radius 2 is 1.81 bits per heavy atom. The standard InChI is InChI=1S/C12H18O3S/c1-9-6-11(14-2)12(15-3)7-10(9)8-16-5-4-13/h6-7,13H,4-5,8H2,1-3H3. The predicted molar refractivity (Wildman–Crippen MR) is 67.5 cm³/mol. The van der Waals surface area contributed by atoms with Crippen LogP contribution in [0.5, 0.6) is 11.5 Å². The summed E-state index contributed by atoms with van der Waals surface area (Å²) >= 11 is 1.71. The van der Waals surface area contributed by atoms with E-state index in [0.717, 1.165) is 23.0 Å². The Hall–Kier alpha value is -0.870. The molecule has 16 heavy (non-hydrogen) atoms. The summed E-state index contributed by atoms with van der Waals surface area (Å²) < 4.78 is 10.5. The molecule has 3 nitrogen and oxygen atoms in total. The number of methoxy groups -OCH3 is 2. The highest BCUT2D eigenvalue weighted by Crippen LogP contribution is 2.31. The molecular formula is C12H18O3S. The summed E-state index contributed by atoms with van der Waals surface area (Å²) in [5.41, 5.74) is 2.40. The van der Waals surface area contributed by atoms with Crippen molar-refractivity contribution in [3.63, 3.8) is 0 Å². The highest BCUT2D eigenvalue weighted by molar-refractivity contribution is 7.98. The Bertz CT molecular complexity index is 339. The topological polar surface area (TPSA) is 38.7 Å². The molecule has 0 amide bonds. The van der Waals surface area contributed by atoms with E-state index in [4.69, 9.17) is 14.6 Å². The van der Waals surface area contributed by atoms with Crippen LogP contribution in [0, 0.1) is 6.92 Å². The van der Waals surface area contributed by atoms with Gasteiger partial charge in [0.15, 0.2) is 11.5 Å². The molecule has 0 bridgehead atoms. The van der Waals surface area contributed by atoms with Crippen LogP contribution in [-0.2, 0) is 5.75 Å². The third-order valence-corrected chi connectivity index (χ3v) is 3.32. The third-order valence-electron chi connectivity index (χ3n) is 2.34. The number of ether oxygens (including phenoxy) is 2. The zero-order valence-electron chi connectivity index (χ0n) is 9.95. The molecule has 0 aliphatic carbocycles. The Labute approximate surface area is 101 Å². The van der Waals surface area contributed by atoms with Gasteiger partial charge in [-0.25, -0.2) is 0 Å². The monoisotopic (exact) mass is 242 g/mol. The van der Waals surface area contributed by atoms with Gasteiger partial charge in [-0.2, -0.15) is 11.8 Å². The smallest absolute Gasteiger partial charge is 0.161 e. The first-order valence-electron chi connectivity index (χ1n) is 5.13. The third kappa shape index (κ3) is 3.32. The fourth-order valence-corrected chi connectivity index (χ4v) is 2.23. The Morgan fingerprint density at radius 3 is 2.38 bits per heavy atom. The van der Waals surface area contributed by atoms with Gasteiger partial charge in [0.05, 0.1) is 20.8 Å². The minimum Gasteiger partial charge on any atom is -0.493 e. The van der Waals surface area contributed by atoms with Gasteiger partial charge in [0, 0.05) is 11.5 Å². The normalized spacial score (nSPS) is 10.2. The summed E-state index contributed by atoms with van der Waals surface area (Å²) in [5.74, 6) is 3.16. The molecule has 90 valence electrons. The summed E-state index contributed by atoms with van der Waals surface area (Å²) in [6, 6.07) is 3.98. The van der Waals surface area contributed by atoms with Crippen molar-refractivity contribution in [2.24, 2.45) is 0 Å². The highest BCUT2D eigenvalue weighted by atomic mass is 32.2. The maximum Gasteiger partial charge on any atom is 0.161 e. The molecule has 0 spiro atoms. The zero-order valence-corrected chi connectivity index (χ0v) is 10.8. The van der Waals surface area contributed by atoms with Crippen molar-refractivity contribution in [3.8, 4) is 11.5 Å². The maximum absolute atomic E-state index is 8.73. The number of benzene rings is 1. The van der Waals surface area contributed by atoms with Crippen LogP contribution < -0.4 is 9.47 Å². The van der Waals surface area contributed by atoms with Gasteiger partial charge in [-0.05, 0) is 30.2 Å². The summed E-state index contributed by atoms with van der Waals surface area (Å²) in [6.07, 6.45) is 0. The molecule has 0 heterocycles.